The topological polar surface area (TPSA) is 47.9 Å². The van der Waals surface area contributed by atoms with Gasteiger partial charge in [0.15, 0.2) is 5.96 Å². The van der Waals surface area contributed by atoms with E-state index in [0.717, 1.165) is 5.56 Å². The van der Waals surface area contributed by atoms with E-state index >= 15 is 0 Å². The average Bonchev–Trinajstić information content (AvgIpc) is 2.49. The van der Waals surface area contributed by atoms with E-state index in [4.69, 9.17) is 11.6 Å². The average molecular weight is 451 g/mol. The Morgan fingerprint density at radius 2 is 1.91 bits per heavy atom. The molecule has 0 aliphatic rings. The van der Waals surface area contributed by atoms with Crippen molar-refractivity contribution in [3.8, 4) is 0 Å². The lowest BCUT2D eigenvalue weighted by Gasteiger charge is -2.22. The van der Waals surface area contributed by atoms with Crippen molar-refractivity contribution in [2.75, 3.05) is 34.2 Å². The summed E-state index contributed by atoms with van der Waals surface area (Å²) < 4.78 is 0. The molecular weight excluding hydrogens is 427 g/mol. The van der Waals surface area contributed by atoms with Crippen LogP contribution in [0.25, 0.3) is 0 Å². The van der Waals surface area contributed by atoms with Gasteiger partial charge in [0.05, 0.1) is 0 Å². The first kappa shape index (κ1) is 21.7. The number of benzene rings is 1. The summed E-state index contributed by atoms with van der Waals surface area (Å²) in [6.07, 6.45) is 1.75. The first-order valence-corrected chi connectivity index (χ1v) is 7.36. The molecule has 0 fully saturated rings. The number of rotatable bonds is 6. The van der Waals surface area contributed by atoms with Crippen LogP contribution < -0.4 is 5.32 Å². The minimum Gasteiger partial charge on any atom is -0.353 e. The third kappa shape index (κ3) is 8.22. The van der Waals surface area contributed by atoms with Gasteiger partial charge < -0.3 is 15.1 Å². The van der Waals surface area contributed by atoms with Crippen LogP contribution in [0.1, 0.15) is 5.56 Å². The van der Waals surface area contributed by atoms with Crippen LogP contribution in [0.5, 0.6) is 0 Å². The van der Waals surface area contributed by atoms with Gasteiger partial charge in [-0.15, -0.1) is 30.6 Å². The maximum atomic E-state index is 11.7. The van der Waals surface area contributed by atoms with Gasteiger partial charge in [0.25, 0.3) is 0 Å². The van der Waals surface area contributed by atoms with Crippen molar-refractivity contribution in [3.63, 3.8) is 0 Å². The molecule has 0 saturated heterocycles. The highest BCUT2D eigenvalue weighted by Crippen LogP contribution is 2.11. The normalized spacial score (nSPS) is 10.5. The summed E-state index contributed by atoms with van der Waals surface area (Å²) in [5.41, 5.74) is 1.11. The fourth-order valence-electron chi connectivity index (χ4n) is 1.70. The van der Waals surface area contributed by atoms with Crippen molar-refractivity contribution in [2.45, 2.75) is 6.54 Å². The summed E-state index contributed by atoms with van der Waals surface area (Å²) in [6.45, 7) is 5.04. The van der Waals surface area contributed by atoms with Gasteiger partial charge in [-0.3, -0.25) is 4.79 Å². The molecule has 1 aromatic rings. The zero-order chi connectivity index (χ0) is 16.5. The first-order chi connectivity index (χ1) is 10.4. The Balaban J connectivity index is 0.00000484. The van der Waals surface area contributed by atoms with Crippen LogP contribution in [-0.2, 0) is 11.3 Å². The Morgan fingerprint density at radius 1 is 1.30 bits per heavy atom. The van der Waals surface area contributed by atoms with Crippen molar-refractivity contribution in [1.29, 1.82) is 0 Å². The number of hydrogen-bond acceptors (Lipinski definition) is 2. The number of likely N-dealkylation sites (N-methyl/N-ethyl adjacent to an activating group) is 1. The highest BCUT2D eigenvalue weighted by atomic mass is 127. The Morgan fingerprint density at radius 3 is 2.43 bits per heavy atom. The van der Waals surface area contributed by atoms with Crippen molar-refractivity contribution in [2.24, 2.45) is 4.99 Å². The molecule has 0 aliphatic carbocycles. The number of hydrogen-bond donors (Lipinski definition) is 1. The second-order valence-electron chi connectivity index (χ2n) is 5.08. The number of aliphatic imine (C=N–C) groups is 1. The van der Waals surface area contributed by atoms with Crippen LogP contribution in [0.2, 0.25) is 5.02 Å². The molecule has 0 radical (unpaired) electrons. The van der Waals surface area contributed by atoms with E-state index in [1.165, 1.54) is 4.90 Å². The molecule has 0 unspecified atom stereocenters. The summed E-state index contributed by atoms with van der Waals surface area (Å²) in [4.78, 5) is 19.5. The van der Waals surface area contributed by atoms with E-state index in [1.807, 2.05) is 36.2 Å². The maximum Gasteiger partial charge on any atom is 0.243 e. The number of nitrogens with one attached hydrogen (secondary N) is 1. The van der Waals surface area contributed by atoms with Crippen LogP contribution in [-0.4, -0.2) is 55.9 Å². The highest BCUT2D eigenvalue weighted by molar-refractivity contribution is 14.0. The molecule has 23 heavy (non-hydrogen) atoms. The molecule has 1 rings (SSSR count). The van der Waals surface area contributed by atoms with Crippen LogP contribution in [0.3, 0.4) is 0 Å². The van der Waals surface area contributed by atoms with Crippen LogP contribution in [0, 0.1) is 0 Å². The molecule has 1 amide bonds. The third-order valence-corrected chi connectivity index (χ3v) is 3.21. The lowest BCUT2D eigenvalue weighted by Crippen LogP contribution is -2.39. The standard InChI is InChI=1S/C16H23ClN4O.HI/c1-5-10-18-16(19-11-15(22)20(2)3)21(4)12-13-6-8-14(17)9-7-13;/h5-9H,1,10-12H2,2-4H3,(H,18,19);1H. The van der Waals surface area contributed by atoms with E-state index in [2.05, 4.69) is 16.9 Å². The van der Waals surface area contributed by atoms with E-state index in [0.29, 0.717) is 24.1 Å². The van der Waals surface area contributed by atoms with Crippen molar-refractivity contribution in [1.82, 2.24) is 15.1 Å². The number of halogens is 2. The number of nitrogens with zero attached hydrogens (tertiary/aromatic N) is 3. The Bertz CT molecular complexity index is 531. The molecule has 0 heterocycles. The number of guanidine groups is 1. The SMILES string of the molecule is C=CCNC(=NCC(=O)N(C)C)N(C)Cc1ccc(Cl)cc1.I. The molecule has 0 atom stereocenters. The quantitative estimate of drug-likeness (QED) is 0.314. The van der Waals surface area contributed by atoms with Gasteiger partial charge in [0, 0.05) is 39.3 Å². The number of carbonyl (C=O) groups excluding carboxylic acids is 1. The molecule has 0 spiro atoms. The van der Waals surface area contributed by atoms with Gasteiger partial charge in [0.2, 0.25) is 5.91 Å². The predicted octanol–water partition coefficient (Wildman–Crippen LogP) is 2.61. The molecular formula is C16H24ClIN4O. The van der Waals surface area contributed by atoms with Crippen LogP contribution >= 0.6 is 35.6 Å². The van der Waals surface area contributed by atoms with Gasteiger partial charge >= 0.3 is 0 Å². The molecule has 1 aromatic carbocycles. The summed E-state index contributed by atoms with van der Waals surface area (Å²) in [7, 11) is 5.35. The van der Waals surface area contributed by atoms with Gasteiger partial charge in [-0.05, 0) is 17.7 Å². The van der Waals surface area contributed by atoms with Gasteiger partial charge in [0.1, 0.15) is 6.54 Å². The predicted molar refractivity (Wildman–Crippen MR) is 108 cm³/mol. The van der Waals surface area contributed by atoms with Crippen molar-refractivity contribution >= 4 is 47.4 Å². The highest BCUT2D eigenvalue weighted by Gasteiger charge is 2.09. The van der Waals surface area contributed by atoms with E-state index in [1.54, 1.807) is 20.2 Å². The largest absolute Gasteiger partial charge is 0.353 e. The van der Waals surface area contributed by atoms with E-state index in [-0.39, 0.29) is 36.4 Å². The Hall–Kier alpha value is -1.28. The molecule has 0 aromatic heterocycles. The van der Waals surface area contributed by atoms with Gasteiger partial charge in [-0.1, -0.05) is 29.8 Å². The van der Waals surface area contributed by atoms with Gasteiger partial charge in [-0.2, -0.15) is 0 Å². The molecule has 1 N–H and O–H groups in total. The Kier molecular flexibility index (Phi) is 10.7. The van der Waals surface area contributed by atoms with Crippen LogP contribution in [0.4, 0.5) is 0 Å². The molecule has 7 heteroatoms. The maximum absolute atomic E-state index is 11.7. The molecule has 128 valence electrons. The monoisotopic (exact) mass is 450 g/mol. The smallest absolute Gasteiger partial charge is 0.243 e. The van der Waals surface area contributed by atoms with Crippen LogP contribution in [0.15, 0.2) is 41.9 Å². The third-order valence-electron chi connectivity index (χ3n) is 2.96. The second kappa shape index (κ2) is 11.3. The van der Waals surface area contributed by atoms with Gasteiger partial charge in [-0.25, -0.2) is 4.99 Å². The zero-order valence-electron chi connectivity index (χ0n) is 13.8. The summed E-state index contributed by atoms with van der Waals surface area (Å²) >= 11 is 5.89. The molecule has 0 aliphatic heterocycles. The van der Waals surface area contributed by atoms with E-state index in [9.17, 15) is 4.79 Å². The Labute approximate surface area is 160 Å². The minimum atomic E-state index is -0.0437. The van der Waals surface area contributed by atoms with Crippen molar-refractivity contribution in [3.05, 3.63) is 47.5 Å². The molecule has 5 nitrogen and oxygen atoms in total. The first-order valence-electron chi connectivity index (χ1n) is 6.99. The summed E-state index contributed by atoms with van der Waals surface area (Å²) in [5, 5.41) is 3.87. The zero-order valence-corrected chi connectivity index (χ0v) is 16.8. The summed E-state index contributed by atoms with van der Waals surface area (Å²) in [5.74, 6) is 0.614. The lowest BCUT2D eigenvalue weighted by atomic mass is 10.2. The molecule has 0 saturated carbocycles. The lowest BCUT2D eigenvalue weighted by molar-refractivity contribution is -0.127. The fourth-order valence-corrected chi connectivity index (χ4v) is 1.82. The number of amides is 1. The second-order valence-corrected chi connectivity index (χ2v) is 5.52. The fraction of sp³-hybridized carbons (Fsp3) is 0.375. The minimum absolute atomic E-state index is 0. The number of carbonyl (C=O) groups is 1. The summed E-state index contributed by atoms with van der Waals surface area (Å²) in [6, 6.07) is 7.65. The molecule has 0 bridgehead atoms. The van der Waals surface area contributed by atoms with E-state index < -0.39 is 0 Å². The van der Waals surface area contributed by atoms with Crippen molar-refractivity contribution < 1.29 is 4.79 Å².